The van der Waals surface area contributed by atoms with Gasteiger partial charge in [-0.2, -0.15) is 0 Å². The molecule has 0 radical (unpaired) electrons. The summed E-state index contributed by atoms with van der Waals surface area (Å²) < 4.78 is 13.4. The zero-order valence-electron chi connectivity index (χ0n) is 20.3. The number of carbonyl (C=O) groups excluding carboxylic acids is 2. The monoisotopic (exact) mass is 465 g/mol. The van der Waals surface area contributed by atoms with E-state index in [1.807, 2.05) is 30.9 Å². The van der Waals surface area contributed by atoms with Crippen LogP contribution in [0.3, 0.4) is 0 Å². The minimum atomic E-state index is -0.458. The predicted molar refractivity (Wildman–Crippen MR) is 131 cm³/mol. The van der Waals surface area contributed by atoms with Crippen LogP contribution in [-0.4, -0.2) is 34.3 Å². The maximum Gasteiger partial charge on any atom is 0.245 e. The van der Waals surface area contributed by atoms with Gasteiger partial charge in [0, 0.05) is 24.2 Å². The highest BCUT2D eigenvalue weighted by molar-refractivity contribution is 5.89. The van der Waals surface area contributed by atoms with Crippen LogP contribution in [0.2, 0.25) is 0 Å². The van der Waals surface area contributed by atoms with Gasteiger partial charge in [0.15, 0.2) is 0 Å². The van der Waals surface area contributed by atoms with E-state index in [9.17, 15) is 14.0 Å². The largest absolute Gasteiger partial charge is 0.344 e. The summed E-state index contributed by atoms with van der Waals surface area (Å²) in [4.78, 5) is 33.2. The van der Waals surface area contributed by atoms with Crippen molar-refractivity contribution in [1.82, 2.24) is 15.2 Å². The third kappa shape index (κ3) is 5.48. The average molecular weight is 466 g/mol. The average Bonchev–Trinajstić information content (AvgIpc) is 3.37. The van der Waals surface area contributed by atoms with Crippen LogP contribution >= 0.6 is 0 Å². The van der Waals surface area contributed by atoms with Crippen molar-refractivity contribution in [3.8, 4) is 11.3 Å². The number of likely N-dealkylation sites (tertiary alicyclic amines) is 1. The van der Waals surface area contributed by atoms with Gasteiger partial charge in [0.05, 0.1) is 11.7 Å². The number of pyridine rings is 1. The van der Waals surface area contributed by atoms with E-state index in [1.165, 1.54) is 18.6 Å². The van der Waals surface area contributed by atoms with E-state index in [2.05, 4.69) is 10.3 Å². The molecule has 5 nitrogen and oxygen atoms in total. The first-order chi connectivity index (χ1) is 16.5. The molecule has 2 aromatic rings. The Morgan fingerprint density at radius 2 is 1.82 bits per heavy atom. The lowest BCUT2D eigenvalue weighted by atomic mass is 9.83. The van der Waals surface area contributed by atoms with Crippen molar-refractivity contribution in [2.45, 2.75) is 77.3 Å². The van der Waals surface area contributed by atoms with Crippen molar-refractivity contribution in [1.29, 1.82) is 0 Å². The third-order valence-electron chi connectivity index (χ3n) is 7.59. The van der Waals surface area contributed by atoms with Gasteiger partial charge in [-0.25, -0.2) is 4.39 Å². The summed E-state index contributed by atoms with van der Waals surface area (Å²) in [5.41, 5.74) is 2.65. The van der Waals surface area contributed by atoms with Crippen molar-refractivity contribution in [3.05, 3.63) is 54.0 Å². The molecule has 0 spiro atoms. The molecule has 182 valence electrons. The Morgan fingerprint density at radius 1 is 1.09 bits per heavy atom. The van der Waals surface area contributed by atoms with Crippen molar-refractivity contribution in [2.24, 2.45) is 11.8 Å². The topological polar surface area (TPSA) is 62.3 Å². The van der Waals surface area contributed by atoms with Gasteiger partial charge in [0.25, 0.3) is 0 Å². The molecule has 1 saturated carbocycles. The van der Waals surface area contributed by atoms with Crippen molar-refractivity contribution < 1.29 is 14.0 Å². The lowest BCUT2D eigenvalue weighted by Gasteiger charge is -2.35. The Balaban J connectivity index is 1.57. The Bertz CT molecular complexity index is 987. The van der Waals surface area contributed by atoms with Gasteiger partial charge in [-0.1, -0.05) is 33.1 Å². The molecule has 0 bridgehead atoms. The molecule has 6 heteroatoms. The highest BCUT2D eigenvalue weighted by atomic mass is 19.1. The normalized spacial score (nSPS) is 20.7. The molecule has 1 N–H and O–H groups in total. The first-order valence-corrected chi connectivity index (χ1v) is 12.8. The number of hydrogen-bond acceptors (Lipinski definition) is 3. The summed E-state index contributed by atoms with van der Waals surface area (Å²) in [7, 11) is 0. The van der Waals surface area contributed by atoms with Gasteiger partial charge >= 0.3 is 0 Å². The number of nitrogens with one attached hydrogen (secondary N) is 1. The molecular weight excluding hydrogens is 429 g/mol. The second-order valence-electron chi connectivity index (χ2n) is 9.86. The minimum absolute atomic E-state index is 0.0234. The quantitative estimate of drug-likeness (QED) is 0.574. The smallest absolute Gasteiger partial charge is 0.245 e. The molecule has 1 aliphatic heterocycles. The van der Waals surface area contributed by atoms with Gasteiger partial charge in [-0.15, -0.1) is 0 Å². The lowest BCUT2D eigenvalue weighted by Crippen LogP contribution is -2.53. The van der Waals surface area contributed by atoms with Crippen LogP contribution < -0.4 is 5.32 Å². The fraction of sp³-hybridized carbons (Fsp3) is 0.536. The summed E-state index contributed by atoms with van der Waals surface area (Å²) in [5.74, 6) is -0.161. The molecule has 2 aliphatic rings. The first-order valence-electron chi connectivity index (χ1n) is 12.8. The molecule has 4 rings (SSSR count). The lowest BCUT2D eigenvalue weighted by molar-refractivity contribution is -0.140. The van der Waals surface area contributed by atoms with Gasteiger partial charge in [-0.3, -0.25) is 14.6 Å². The number of halogens is 1. The Labute approximate surface area is 202 Å². The number of carbonyl (C=O) groups is 2. The molecule has 3 atom stereocenters. The molecule has 1 aromatic carbocycles. The summed E-state index contributed by atoms with van der Waals surface area (Å²) in [6.45, 7) is 4.62. The van der Waals surface area contributed by atoms with Crippen LogP contribution in [0.4, 0.5) is 4.39 Å². The Morgan fingerprint density at radius 3 is 2.53 bits per heavy atom. The Hall–Kier alpha value is -2.76. The molecule has 2 fully saturated rings. The van der Waals surface area contributed by atoms with Crippen LogP contribution in [0.25, 0.3) is 11.3 Å². The number of hydrogen-bond donors (Lipinski definition) is 1. The van der Waals surface area contributed by atoms with E-state index in [4.69, 9.17) is 0 Å². The van der Waals surface area contributed by atoms with Crippen molar-refractivity contribution in [3.63, 3.8) is 0 Å². The number of nitrogens with zero attached hydrogens (tertiary/aromatic N) is 2. The summed E-state index contributed by atoms with van der Waals surface area (Å²) in [6, 6.07) is 9.80. The standard InChI is InChI=1S/C28H36FN3O2/c1-3-19(2)27(33)31-26(21-8-5-4-6-9-21)28(34)32-17-7-10-25(32)22-15-16-30-24(18-22)20-11-13-23(29)14-12-20/h11-16,18-19,21,25-26H,3-10,17H2,1-2H3,(H,31,33). The second-order valence-corrected chi connectivity index (χ2v) is 9.86. The van der Waals surface area contributed by atoms with Gasteiger partial charge in [0.1, 0.15) is 11.9 Å². The second kappa shape index (κ2) is 11.1. The molecule has 34 heavy (non-hydrogen) atoms. The van der Waals surface area contributed by atoms with Crippen LogP contribution in [0.5, 0.6) is 0 Å². The zero-order chi connectivity index (χ0) is 24.1. The summed E-state index contributed by atoms with van der Waals surface area (Å²) >= 11 is 0. The predicted octanol–water partition coefficient (Wildman–Crippen LogP) is 5.66. The summed E-state index contributed by atoms with van der Waals surface area (Å²) in [6.07, 6.45) is 9.73. The fourth-order valence-electron chi connectivity index (χ4n) is 5.32. The van der Waals surface area contributed by atoms with Crippen LogP contribution in [0.15, 0.2) is 42.6 Å². The van der Waals surface area contributed by atoms with Crippen LogP contribution in [-0.2, 0) is 9.59 Å². The van der Waals surface area contributed by atoms with Gasteiger partial charge < -0.3 is 10.2 Å². The molecule has 2 heterocycles. The highest BCUT2D eigenvalue weighted by Gasteiger charge is 2.39. The van der Waals surface area contributed by atoms with E-state index < -0.39 is 6.04 Å². The van der Waals surface area contributed by atoms with Crippen LogP contribution in [0, 0.1) is 17.7 Å². The Kier molecular flexibility index (Phi) is 7.96. The number of benzene rings is 1. The van der Waals surface area contributed by atoms with E-state index in [1.54, 1.807) is 18.3 Å². The van der Waals surface area contributed by atoms with Crippen molar-refractivity contribution in [2.75, 3.05) is 6.54 Å². The molecule has 1 aromatic heterocycles. The fourth-order valence-corrected chi connectivity index (χ4v) is 5.32. The van der Waals surface area contributed by atoms with E-state index in [0.717, 1.165) is 61.8 Å². The molecule has 1 aliphatic carbocycles. The SMILES string of the molecule is CCC(C)C(=O)NC(C(=O)N1CCCC1c1ccnc(-c2ccc(F)cc2)c1)C1CCCCC1. The first kappa shape index (κ1) is 24.4. The molecular formula is C28H36FN3O2. The maximum absolute atomic E-state index is 13.9. The molecule has 3 unspecified atom stereocenters. The summed E-state index contributed by atoms with van der Waals surface area (Å²) in [5, 5.41) is 3.15. The highest BCUT2D eigenvalue weighted by Crippen LogP contribution is 2.36. The van der Waals surface area contributed by atoms with Crippen LogP contribution in [0.1, 0.15) is 76.8 Å². The maximum atomic E-state index is 13.9. The number of aromatic nitrogens is 1. The van der Waals surface area contributed by atoms with Gasteiger partial charge in [-0.05, 0) is 80.0 Å². The minimum Gasteiger partial charge on any atom is -0.344 e. The molecule has 1 saturated heterocycles. The molecule has 2 amide bonds. The van der Waals surface area contributed by atoms with E-state index in [0.29, 0.717) is 6.54 Å². The van der Waals surface area contributed by atoms with E-state index >= 15 is 0 Å². The zero-order valence-corrected chi connectivity index (χ0v) is 20.3. The van der Waals surface area contributed by atoms with Gasteiger partial charge in [0.2, 0.25) is 11.8 Å². The number of rotatable bonds is 7. The van der Waals surface area contributed by atoms with Crippen molar-refractivity contribution >= 4 is 11.8 Å². The number of amides is 2. The van der Waals surface area contributed by atoms with E-state index in [-0.39, 0.29) is 35.5 Å². The third-order valence-corrected chi connectivity index (χ3v) is 7.59.